The molecule has 0 amide bonds. The average molecular weight is 144 g/mol. The van der Waals surface area contributed by atoms with Gasteiger partial charge in [0, 0.05) is 5.38 Å². The molecule has 0 saturated heterocycles. The molecule has 0 bridgehead atoms. The Morgan fingerprint density at radius 1 is 1.50 bits per heavy atom. The minimum absolute atomic E-state index is 0. The van der Waals surface area contributed by atoms with Crippen molar-refractivity contribution in [3.8, 4) is 11.3 Å². The molecule has 0 aliphatic carbocycles. The third-order valence-electron chi connectivity index (χ3n) is 0.369. The van der Waals surface area contributed by atoms with Crippen LogP contribution in [0, 0.1) is 11.3 Å². The second-order valence-corrected chi connectivity index (χ2v) is 2.13. The van der Waals surface area contributed by atoms with E-state index in [-0.39, 0.29) is 23.1 Å². The van der Waals surface area contributed by atoms with E-state index in [1.54, 1.807) is 13.8 Å². The van der Waals surface area contributed by atoms with Gasteiger partial charge in [0.2, 0.25) is 0 Å². The zero-order chi connectivity index (χ0) is 5.91. The molecule has 0 aromatic carbocycles. The molecule has 0 spiro atoms. The molecule has 2 N–H and O–H groups in total. The smallest absolute Gasteiger partial charge is 0.316 e. The fourth-order valence-corrected chi connectivity index (χ4v) is 0.365. The van der Waals surface area contributed by atoms with Gasteiger partial charge >= 0.3 is 23.1 Å². The van der Waals surface area contributed by atoms with Gasteiger partial charge in [-0.1, -0.05) is 5.92 Å². The van der Waals surface area contributed by atoms with Crippen molar-refractivity contribution in [1.29, 1.82) is 0 Å². The Morgan fingerprint density at radius 2 is 1.88 bits per heavy atom. The fourth-order valence-electron chi connectivity index (χ4n) is 0.122. The molecule has 1 nitrogen and oxygen atoms in total. The molecule has 8 heavy (non-hydrogen) atoms. The molecule has 44 valence electrons. The molecular formula is C5H10ClMgN. The van der Waals surface area contributed by atoms with E-state index in [9.17, 15) is 0 Å². The van der Waals surface area contributed by atoms with E-state index >= 15 is 0 Å². The van der Waals surface area contributed by atoms with E-state index in [1.165, 1.54) is 0 Å². The highest BCUT2D eigenvalue weighted by Crippen LogP contribution is 1.91. The van der Waals surface area contributed by atoms with Crippen molar-refractivity contribution in [1.82, 2.24) is 0 Å². The largest absolute Gasteiger partial charge is 0.316 e. The summed E-state index contributed by atoms with van der Waals surface area (Å²) < 4.78 is 0. The highest BCUT2D eigenvalue weighted by atomic mass is 35.5. The Morgan fingerprint density at radius 3 is 1.88 bits per heavy atom. The van der Waals surface area contributed by atoms with Crippen LogP contribution in [0.25, 0.3) is 0 Å². The first kappa shape index (κ1) is 11.4. The monoisotopic (exact) mass is 143 g/mol. The van der Waals surface area contributed by atoms with Crippen LogP contribution in [-0.2, 0) is 0 Å². The fraction of sp³-hybridized carbons (Fsp3) is 0.600. The van der Waals surface area contributed by atoms with Crippen molar-refractivity contribution in [2.75, 3.05) is 0 Å². The second kappa shape index (κ2) is 4.45. The maximum absolute atomic E-state index is 5.39. The van der Waals surface area contributed by atoms with Gasteiger partial charge in [0.1, 0.15) is 0 Å². The summed E-state index contributed by atoms with van der Waals surface area (Å²) in [5, 5.41) is 2.20. The Hall–Kier alpha value is 0.576. The summed E-state index contributed by atoms with van der Waals surface area (Å²) in [4.78, 5) is 0. The van der Waals surface area contributed by atoms with Crippen LogP contribution >= 0.6 is 11.6 Å². The first-order valence-electron chi connectivity index (χ1n) is 1.98. The van der Waals surface area contributed by atoms with Crippen LogP contribution in [0.2, 0.25) is 0 Å². The Kier molecular flexibility index (Phi) is 6.34. The minimum atomic E-state index is -0.443. The molecule has 0 heterocycles. The van der Waals surface area contributed by atoms with Crippen molar-refractivity contribution in [2.24, 2.45) is 5.73 Å². The zero-order valence-electron chi connectivity index (χ0n) is 4.46. The molecule has 0 aliphatic heterocycles. The lowest BCUT2D eigenvalue weighted by molar-refractivity contribution is 0.681. The lowest BCUT2D eigenvalue weighted by Crippen LogP contribution is -2.29. The van der Waals surface area contributed by atoms with E-state index in [2.05, 4.69) is 11.3 Å². The third kappa shape index (κ3) is 9.76. The highest BCUT2D eigenvalue weighted by Gasteiger charge is 2.02. The van der Waals surface area contributed by atoms with E-state index < -0.39 is 5.54 Å². The quantitative estimate of drug-likeness (QED) is 0.376. The second-order valence-electron chi connectivity index (χ2n) is 1.94. The highest BCUT2D eigenvalue weighted by molar-refractivity contribution is 6.30. The first-order chi connectivity index (χ1) is 3.06. The van der Waals surface area contributed by atoms with E-state index in [0.29, 0.717) is 0 Å². The molecule has 0 aromatic rings. The number of rotatable bonds is 0. The topological polar surface area (TPSA) is 26.0 Å². The first-order valence-corrected chi connectivity index (χ1v) is 2.36. The van der Waals surface area contributed by atoms with Gasteiger partial charge in [-0.25, -0.2) is 0 Å². The lowest BCUT2D eigenvalue weighted by Gasteiger charge is -2.05. The number of nitrogens with two attached hydrogens (primary N) is 1. The van der Waals surface area contributed by atoms with E-state index in [1.807, 2.05) is 0 Å². The van der Waals surface area contributed by atoms with Crippen LogP contribution in [0.15, 0.2) is 0 Å². The van der Waals surface area contributed by atoms with Crippen LogP contribution in [-0.4, -0.2) is 28.6 Å². The predicted octanol–water partition coefficient (Wildman–Crippen LogP) is 0.00720. The van der Waals surface area contributed by atoms with Gasteiger partial charge in [-0.05, 0) is 25.4 Å². The molecule has 0 rings (SSSR count). The molecule has 0 saturated carbocycles. The number of hydrogen-bond donors (Lipinski definition) is 1. The van der Waals surface area contributed by atoms with E-state index in [4.69, 9.17) is 17.3 Å². The van der Waals surface area contributed by atoms with Crippen molar-refractivity contribution in [2.45, 2.75) is 19.4 Å². The summed E-state index contributed by atoms with van der Waals surface area (Å²) in [6.07, 6.45) is 0. The van der Waals surface area contributed by atoms with Crippen LogP contribution in [0.1, 0.15) is 13.8 Å². The van der Waals surface area contributed by atoms with Crippen LogP contribution in [0.3, 0.4) is 0 Å². The maximum atomic E-state index is 5.39. The summed E-state index contributed by atoms with van der Waals surface area (Å²) in [6.45, 7) is 3.59. The molecule has 0 unspecified atom stereocenters. The van der Waals surface area contributed by atoms with Crippen molar-refractivity contribution in [3.05, 3.63) is 0 Å². The van der Waals surface area contributed by atoms with Gasteiger partial charge < -0.3 is 5.73 Å². The average Bonchev–Trinajstić information content (AvgIpc) is 1.30. The Balaban J connectivity index is 0. The van der Waals surface area contributed by atoms with Crippen molar-refractivity contribution < 1.29 is 0 Å². The van der Waals surface area contributed by atoms with Gasteiger partial charge in [0.05, 0.1) is 5.54 Å². The van der Waals surface area contributed by atoms with Crippen LogP contribution < -0.4 is 5.73 Å². The summed E-state index contributed by atoms with van der Waals surface area (Å²) in [7, 11) is 0. The van der Waals surface area contributed by atoms with Gasteiger partial charge in [-0.2, -0.15) is 0 Å². The standard InChI is InChI=1S/C5H8ClN.Mg.2H/c1-5(2,7)3-4-6;;;/h7H2,1-2H3;;;. The summed E-state index contributed by atoms with van der Waals surface area (Å²) >= 11 is 5.05. The molecular weight excluding hydrogens is 134 g/mol. The number of halogens is 1. The van der Waals surface area contributed by atoms with Gasteiger partial charge in [0.15, 0.2) is 0 Å². The van der Waals surface area contributed by atoms with Crippen LogP contribution in [0.4, 0.5) is 0 Å². The Bertz CT molecular complexity index is 106. The molecule has 3 heteroatoms. The summed E-state index contributed by atoms with van der Waals surface area (Å²) in [5.74, 6) is 2.58. The van der Waals surface area contributed by atoms with Crippen LogP contribution in [0.5, 0.6) is 0 Å². The number of hydrogen-bond acceptors (Lipinski definition) is 1. The lowest BCUT2D eigenvalue weighted by atomic mass is 10.1. The maximum Gasteiger partial charge on any atom is 0.316 e. The van der Waals surface area contributed by atoms with Crippen molar-refractivity contribution >= 4 is 34.7 Å². The minimum Gasteiger partial charge on any atom is -0.316 e. The van der Waals surface area contributed by atoms with Gasteiger partial charge in [0.25, 0.3) is 0 Å². The van der Waals surface area contributed by atoms with Gasteiger partial charge in [-0.15, -0.1) is 0 Å². The third-order valence-corrected chi connectivity index (χ3v) is 0.464. The molecule has 0 atom stereocenters. The molecule has 0 radical (unpaired) electrons. The summed E-state index contributed by atoms with van der Waals surface area (Å²) in [5.41, 5.74) is 4.95. The van der Waals surface area contributed by atoms with Gasteiger partial charge in [-0.3, -0.25) is 0 Å². The van der Waals surface area contributed by atoms with Crippen molar-refractivity contribution in [3.63, 3.8) is 0 Å². The molecule has 0 fully saturated rings. The molecule has 0 aromatic heterocycles. The normalized spacial score (nSPS) is 8.50. The predicted molar refractivity (Wildman–Crippen MR) is 40.4 cm³/mol. The summed E-state index contributed by atoms with van der Waals surface area (Å²) in [6, 6.07) is 0. The zero-order valence-corrected chi connectivity index (χ0v) is 5.21. The Labute approximate surface area is 71.1 Å². The molecule has 0 aliphatic rings. The SMILES string of the molecule is CC(C)(N)C#CCl.[MgH2]. The van der Waals surface area contributed by atoms with E-state index in [0.717, 1.165) is 0 Å².